The highest BCUT2D eigenvalue weighted by Crippen LogP contribution is 2.94. The zero-order valence-corrected chi connectivity index (χ0v) is 12.5. The van der Waals surface area contributed by atoms with Gasteiger partial charge in [-0.3, -0.25) is 0 Å². The molecule has 6 aliphatic rings. The van der Waals surface area contributed by atoms with Crippen molar-refractivity contribution >= 4 is 22.6 Å². The summed E-state index contributed by atoms with van der Waals surface area (Å²) in [6, 6.07) is 0. The molecule has 0 nitrogen and oxygen atoms in total. The van der Waals surface area contributed by atoms with Crippen molar-refractivity contribution in [3.8, 4) is 0 Å². The molecule has 4 bridgehead atoms. The Hall–Kier alpha value is 0.730. The van der Waals surface area contributed by atoms with Gasteiger partial charge in [-0.15, -0.1) is 0 Å². The van der Waals surface area contributed by atoms with Crippen molar-refractivity contribution in [1.29, 1.82) is 0 Å². The summed E-state index contributed by atoms with van der Waals surface area (Å²) in [6.45, 7) is 0. The maximum absolute atomic E-state index is 2.59. The molecule has 6 rings (SSSR count). The summed E-state index contributed by atoms with van der Waals surface area (Å²) in [5, 5.41) is 0. The summed E-state index contributed by atoms with van der Waals surface area (Å²) in [5.74, 6) is 11.2. The standard InChI is InChI=1S/C16H21I/c17-3-1-2-8-14-12-6-9-11-5-7-4-10(13(9)14)15(8)16(7,11)12/h7-15H,1-6H2/t7?,8?,9-,10?,11?,12?,13?,14?,15?,16?/m1/s1. The number of halogens is 1. The van der Waals surface area contributed by atoms with Crippen molar-refractivity contribution in [3.63, 3.8) is 0 Å². The van der Waals surface area contributed by atoms with Crippen molar-refractivity contribution in [1.82, 2.24) is 0 Å². The van der Waals surface area contributed by atoms with Crippen molar-refractivity contribution < 1.29 is 0 Å². The predicted octanol–water partition coefficient (Wildman–Crippen LogP) is 3.99. The van der Waals surface area contributed by atoms with Crippen LogP contribution in [0.2, 0.25) is 0 Å². The Balaban J connectivity index is 1.51. The average molecular weight is 340 g/mol. The van der Waals surface area contributed by atoms with E-state index < -0.39 is 0 Å². The molecule has 6 saturated carbocycles. The van der Waals surface area contributed by atoms with Crippen LogP contribution >= 0.6 is 22.6 Å². The minimum atomic E-state index is 0.991. The molecule has 0 aromatic carbocycles. The topological polar surface area (TPSA) is 0 Å². The van der Waals surface area contributed by atoms with Crippen molar-refractivity contribution in [2.75, 3.05) is 4.43 Å². The molecule has 0 aliphatic heterocycles. The Morgan fingerprint density at radius 2 is 1.94 bits per heavy atom. The van der Waals surface area contributed by atoms with Gasteiger partial charge < -0.3 is 0 Å². The van der Waals surface area contributed by atoms with Crippen LogP contribution in [0.5, 0.6) is 0 Å². The molecular formula is C16H21I. The van der Waals surface area contributed by atoms with E-state index in [9.17, 15) is 0 Å². The van der Waals surface area contributed by atoms with Gasteiger partial charge in [-0.25, -0.2) is 0 Å². The van der Waals surface area contributed by atoms with Crippen LogP contribution in [0.4, 0.5) is 0 Å². The molecule has 92 valence electrons. The lowest BCUT2D eigenvalue weighted by atomic mass is 9.45. The summed E-state index contributed by atoms with van der Waals surface area (Å²) < 4.78 is 1.40. The Kier molecular flexibility index (Phi) is 1.48. The molecule has 0 saturated heterocycles. The van der Waals surface area contributed by atoms with Crippen LogP contribution in [0.3, 0.4) is 0 Å². The Morgan fingerprint density at radius 3 is 2.82 bits per heavy atom. The molecule has 0 aromatic heterocycles. The van der Waals surface area contributed by atoms with Gasteiger partial charge in [-0.2, -0.15) is 0 Å². The second-order valence-corrected chi connectivity index (χ2v) is 9.20. The largest absolute Gasteiger partial charge is 0.0864 e. The van der Waals surface area contributed by atoms with E-state index in [1.54, 1.807) is 25.7 Å². The smallest absolute Gasteiger partial charge is 0.000462 e. The molecule has 0 N–H and O–H groups in total. The third-order valence-corrected chi connectivity index (χ3v) is 9.46. The van der Waals surface area contributed by atoms with Gasteiger partial charge in [0.2, 0.25) is 0 Å². The highest BCUT2D eigenvalue weighted by Gasteiger charge is 2.89. The van der Waals surface area contributed by atoms with E-state index in [-0.39, 0.29) is 0 Å². The van der Waals surface area contributed by atoms with Crippen LogP contribution < -0.4 is 0 Å². The molecule has 10 atom stereocenters. The van der Waals surface area contributed by atoms with Gasteiger partial charge in [0.15, 0.2) is 0 Å². The highest BCUT2D eigenvalue weighted by molar-refractivity contribution is 14.1. The van der Waals surface area contributed by atoms with Gasteiger partial charge in [-0.1, -0.05) is 22.6 Å². The number of rotatable bonds is 3. The van der Waals surface area contributed by atoms with Crippen LogP contribution in [0, 0.1) is 58.7 Å². The summed E-state index contributed by atoms with van der Waals surface area (Å²) in [4.78, 5) is 0. The van der Waals surface area contributed by atoms with Crippen LogP contribution in [0.25, 0.3) is 0 Å². The summed E-state index contributed by atoms with van der Waals surface area (Å²) in [6.07, 6.45) is 8.19. The van der Waals surface area contributed by atoms with Gasteiger partial charge in [0.25, 0.3) is 0 Å². The third-order valence-electron chi connectivity index (χ3n) is 8.69. The molecule has 6 fully saturated rings. The lowest BCUT2D eigenvalue weighted by Crippen LogP contribution is -2.55. The van der Waals surface area contributed by atoms with Gasteiger partial charge in [0.05, 0.1) is 0 Å². The van der Waals surface area contributed by atoms with Crippen LogP contribution in [0.15, 0.2) is 0 Å². The summed E-state index contributed by atoms with van der Waals surface area (Å²) >= 11 is 2.59. The van der Waals surface area contributed by atoms with E-state index in [2.05, 4.69) is 22.6 Å². The van der Waals surface area contributed by atoms with E-state index in [1.807, 2.05) is 0 Å². The summed E-state index contributed by atoms with van der Waals surface area (Å²) in [7, 11) is 0. The number of hydrogen-bond donors (Lipinski definition) is 0. The molecule has 6 aliphatic carbocycles. The fourth-order valence-electron chi connectivity index (χ4n) is 9.22. The predicted molar refractivity (Wildman–Crippen MR) is 75.8 cm³/mol. The minimum absolute atomic E-state index is 0.991. The van der Waals surface area contributed by atoms with Gasteiger partial charge >= 0.3 is 0 Å². The molecular weight excluding hydrogens is 319 g/mol. The van der Waals surface area contributed by atoms with Crippen LogP contribution in [0.1, 0.15) is 32.1 Å². The van der Waals surface area contributed by atoms with Crippen molar-refractivity contribution in [3.05, 3.63) is 0 Å². The van der Waals surface area contributed by atoms with Gasteiger partial charge in [0.1, 0.15) is 0 Å². The van der Waals surface area contributed by atoms with Crippen LogP contribution in [-0.2, 0) is 0 Å². The zero-order valence-electron chi connectivity index (χ0n) is 10.3. The average Bonchev–Trinajstić information content (AvgIpc) is 2.91. The van der Waals surface area contributed by atoms with Crippen molar-refractivity contribution in [2.24, 2.45) is 58.7 Å². The molecule has 0 amide bonds. The monoisotopic (exact) mass is 340 g/mol. The lowest BCUT2D eigenvalue weighted by molar-refractivity contribution is -0.123. The first-order valence-corrected chi connectivity index (χ1v) is 9.47. The molecule has 9 unspecified atom stereocenters. The van der Waals surface area contributed by atoms with E-state index in [1.165, 1.54) is 64.1 Å². The number of hydrogen-bond acceptors (Lipinski definition) is 0. The molecule has 0 heterocycles. The van der Waals surface area contributed by atoms with Crippen LogP contribution in [-0.4, -0.2) is 4.43 Å². The molecule has 0 aromatic rings. The Labute approximate surface area is 117 Å². The zero-order chi connectivity index (χ0) is 10.9. The Morgan fingerprint density at radius 1 is 1.00 bits per heavy atom. The second-order valence-electron chi connectivity index (χ2n) is 8.12. The van der Waals surface area contributed by atoms with E-state index in [4.69, 9.17) is 0 Å². The lowest BCUT2D eigenvalue weighted by Gasteiger charge is -2.59. The van der Waals surface area contributed by atoms with Gasteiger partial charge in [-0.05, 0) is 95.2 Å². The fraction of sp³-hybridized carbons (Fsp3) is 1.00. The normalized spacial score (nSPS) is 75.0. The third kappa shape index (κ3) is 0.686. The van der Waals surface area contributed by atoms with Crippen molar-refractivity contribution in [2.45, 2.75) is 32.1 Å². The highest BCUT2D eigenvalue weighted by atomic mass is 127. The van der Waals surface area contributed by atoms with E-state index in [0.29, 0.717) is 0 Å². The maximum atomic E-state index is 2.59. The summed E-state index contributed by atoms with van der Waals surface area (Å²) in [5.41, 5.74) is 0.991. The SMILES string of the molecule is ICCCC1C2C3C4CC5CC6[C@H]3CC2C56C14. The minimum Gasteiger partial charge on any atom is -0.0864 e. The van der Waals surface area contributed by atoms with E-state index >= 15 is 0 Å². The van der Waals surface area contributed by atoms with Gasteiger partial charge in [0, 0.05) is 0 Å². The molecule has 1 spiro atoms. The maximum Gasteiger partial charge on any atom is -0.000462 e. The number of alkyl halides is 1. The first-order valence-electron chi connectivity index (χ1n) is 7.95. The van der Waals surface area contributed by atoms with E-state index in [0.717, 1.165) is 5.41 Å². The molecule has 17 heavy (non-hydrogen) atoms. The Bertz CT molecular complexity index is 416. The fourth-order valence-corrected chi connectivity index (χ4v) is 9.66. The molecule has 0 radical (unpaired) electrons. The first kappa shape index (κ1) is 9.61. The molecule has 1 heteroatoms. The first-order chi connectivity index (χ1) is 8.39. The number of fused-ring (bicyclic) bond motifs is 4. The second kappa shape index (κ2) is 2.62. The quantitative estimate of drug-likeness (QED) is 0.538.